The molecule has 0 bridgehead atoms. The minimum Gasteiger partial charge on any atom is -0.328 e. The second kappa shape index (κ2) is 6.02. The van der Waals surface area contributed by atoms with Crippen LogP contribution in [0.2, 0.25) is 0 Å². The molecule has 1 saturated carbocycles. The van der Waals surface area contributed by atoms with Crippen LogP contribution in [-0.2, 0) is 13.6 Å². The third-order valence-corrected chi connectivity index (χ3v) is 4.38. The Morgan fingerprint density at radius 1 is 1.15 bits per heavy atom. The first-order valence-corrected chi connectivity index (χ1v) is 7.06. The molecule has 3 rings (SSSR count). The molecule has 0 aliphatic heterocycles. The molecule has 0 radical (unpaired) electrons. The molecule has 0 unspecified atom stereocenters. The van der Waals surface area contributed by atoms with E-state index >= 15 is 0 Å². The first kappa shape index (κ1) is 15.1. The van der Waals surface area contributed by atoms with Crippen molar-refractivity contribution in [2.45, 2.75) is 38.3 Å². The number of halogens is 1. The second-order valence-electron chi connectivity index (χ2n) is 5.72. The largest absolute Gasteiger partial charge is 0.328 e. The van der Waals surface area contributed by atoms with E-state index in [2.05, 4.69) is 0 Å². The van der Waals surface area contributed by atoms with Gasteiger partial charge in [-0.2, -0.15) is 0 Å². The van der Waals surface area contributed by atoms with Gasteiger partial charge in [0.15, 0.2) is 0 Å². The Morgan fingerprint density at radius 3 is 2.40 bits per heavy atom. The van der Waals surface area contributed by atoms with E-state index in [9.17, 15) is 4.79 Å². The zero-order valence-electron chi connectivity index (χ0n) is 11.8. The molecule has 1 fully saturated rings. The summed E-state index contributed by atoms with van der Waals surface area (Å²) >= 11 is 0. The number of fused-ring (bicyclic) bond motifs is 1. The maximum absolute atomic E-state index is 12.3. The van der Waals surface area contributed by atoms with Gasteiger partial charge < -0.3 is 5.73 Å². The monoisotopic (exact) mass is 295 g/mol. The van der Waals surface area contributed by atoms with Gasteiger partial charge in [0.05, 0.1) is 11.0 Å². The Kier molecular flexibility index (Phi) is 4.55. The van der Waals surface area contributed by atoms with Crippen LogP contribution in [0.5, 0.6) is 0 Å². The molecule has 5 heteroatoms. The zero-order valence-corrected chi connectivity index (χ0v) is 12.6. The summed E-state index contributed by atoms with van der Waals surface area (Å²) in [5, 5.41) is 0. The molecule has 4 nitrogen and oxygen atoms in total. The molecule has 2 aromatic rings. The summed E-state index contributed by atoms with van der Waals surface area (Å²) in [6, 6.07) is 8.37. The Bertz CT molecular complexity index is 638. The fraction of sp³-hybridized carbons (Fsp3) is 0.533. The van der Waals surface area contributed by atoms with E-state index in [1.54, 1.807) is 4.57 Å². The summed E-state index contributed by atoms with van der Waals surface area (Å²) in [7, 11) is 1.85. The first-order chi connectivity index (χ1) is 9.16. The molecule has 1 aromatic heterocycles. The third kappa shape index (κ3) is 2.63. The number of aryl methyl sites for hydroxylation is 1. The van der Waals surface area contributed by atoms with Crippen molar-refractivity contribution in [2.24, 2.45) is 18.7 Å². The molecule has 0 spiro atoms. The highest BCUT2D eigenvalue weighted by Gasteiger charge is 2.21. The van der Waals surface area contributed by atoms with E-state index in [1.807, 2.05) is 35.9 Å². The molecule has 0 amide bonds. The van der Waals surface area contributed by atoms with Crippen LogP contribution in [0.4, 0.5) is 0 Å². The smallest absolute Gasteiger partial charge is 0.328 e. The van der Waals surface area contributed by atoms with Crippen LogP contribution in [0, 0.1) is 5.92 Å². The predicted molar refractivity (Wildman–Crippen MR) is 84.4 cm³/mol. The van der Waals surface area contributed by atoms with Gasteiger partial charge in [-0.1, -0.05) is 12.1 Å². The topological polar surface area (TPSA) is 53.0 Å². The van der Waals surface area contributed by atoms with Gasteiger partial charge in [0.2, 0.25) is 0 Å². The van der Waals surface area contributed by atoms with Gasteiger partial charge in [0, 0.05) is 19.6 Å². The van der Waals surface area contributed by atoms with E-state index in [1.165, 1.54) is 0 Å². The highest BCUT2D eigenvalue weighted by Crippen LogP contribution is 2.25. The number of aromatic nitrogens is 2. The summed E-state index contributed by atoms with van der Waals surface area (Å²) in [4.78, 5) is 12.3. The third-order valence-electron chi connectivity index (χ3n) is 4.38. The summed E-state index contributed by atoms with van der Waals surface area (Å²) in [5.41, 5.74) is 8.10. The van der Waals surface area contributed by atoms with Gasteiger partial charge in [-0.25, -0.2) is 4.79 Å². The van der Waals surface area contributed by atoms with Gasteiger partial charge in [0.1, 0.15) is 0 Å². The Balaban J connectivity index is 0.00000147. The standard InChI is InChI=1S/C15H21N3O.ClH/c1-17-13-4-2-3-5-14(13)18(15(17)19)10-11-6-8-12(16)9-7-11;/h2-5,11-12H,6-10,16H2,1H3;1H. The number of nitrogens with two attached hydrogens (primary N) is 1. The van der Waals surface area contributed by atoms with E-state index in [0.717, 1.165) is 43.3 Å². The van der Waals surface area contributed by atoms with Crippen LogP contribution >= 0.6 is 12.4 Å². The van der Waals surface area contributed by atoms with Crippen LogP contribution in [-0.4, -0.2) is 15.2 Å². The predicted octanol–water partition coefficient (Wildman–Crippen LogP) is 2.28. The highest BCUT2D eigenvalue weighted by atomic mass is 35.5. The molecule has 1 heterocycles. The van der Waals surface area contributed by atoms with Crippen molar-refractivity contribution < 1.29 is 0 Å². The highest BCUT2D eigenvalue weighted by molar-refractivity contribution is 5.85. The number of para-hydroxylation sites is 2. The molecule has 2 N–H and O–H groups in total. The van der Waals surface area contributed by atoms with Crippen molar-refractivity contribution in [2.75, 3.05) is 0 Å². The van der Waals surface area contributed by atoms with Crippen molar-refractivity contribution in [1.82, 2.24) is 9.13 Å². The molecule has 1 aliphatic carbocycles. The minimum atomic E-state index is 0. The number of rotatable bonds is 2. The molecule has 110 valence electrons. The molecule has 1 aromatic carbocycles. The van der Waals surface area contributed by atoms with E-state index < -0.39 is 0 Å². The minimum absolute atomic E-state index is 0. The normalized spacial score (nSPS) is 22.7. The van der Waals surface area contributed by atoms with Crippen molar-refractivity contribution in [3.63, 3.8) is 0 Å². The van der Waals surface area contributed by atoms with Crippen molar-refractivity contribution in [3.8, 4) is 0 Å². The lowest BCUT2D eigenvalue weighted by Crippen LogP contribution is -2.31. The van der Waals surface area contributed by atoms with Crippen molar-refractivity contribution in [3.05, 3.63) is 34.7 Å². The summed E-state index contributed by atoms with van der Waals surface area (Å²) in [6.45, 7) is 0.826. The summed E-state index contributed by atoms with van der Waals surface area (Å²) in [6.07, 6.45) is 4.45. The van der Waals surface area contributed by atoms with Crippen molar-refractivity contribution in [1.29, 1.82) is 0 Å². The number of nitrogens with zero attached hydrogens (tertiary/aromatic N) is 2. The average molecular weight is 296 g/mol. The zero-order chi connectivity index (χ0) is 13.4. The fourth-order valence-corrected chi connectivity index (χ4v) is 3.17. The van der Waals surface area contributed by atoms with Crippen LogP contribution < -0.4 is 11.4 Å². The first-order valence-electron chi connectivity index (χ1n) is 7.06. The fourth-order valence-electron chi connectivity index (χ4n) is 3.17. The molecule has 0 saturated heterocycles. The van der Waals surface area contributed by atoms with Gasteiger partial charge in [-0.15, -0.1) is 12.4 Å². The number of hydrogen-bond donors (Lipinski definition) is 1. The molecular formula is C15H22ClN3O. The summed E-state index contributed by atoms with van der Waals surface area (Å²) in [5.74, 6) is 0.586. The lowest BCUT2D eigenvalue weighted by molar-refractivity contribution is 0.294. The maximum Gasteiger partial charge on any atom is 0.328 e. The Labute approximate surface area is 125 Å². The van der Waals surface area contributed by atoms with Crippen LogP contribution in [0.1, 0.15) is 25.7 Å². The molecule has 0 atom stereocenters. The number of benzene rings is 1. The van der Waals surface area contributed by atoms with Crippen LogP contribution in [0.25, 0.3) is 11.0 Å². The lowest BCUT2D eigenvalue weighted by Gasteiger charge is -2.26. The quantitative estimate of drug-likeness (QED) is 0.924. The number of imidazole rings is 1. The van der Waals surface area contributed by atoms with Gasteiger partial charge in [0.25, 0.3) is 0 Å². The van der Waals surface area contributed by atoms with Crippen molar-refractivity contribution >= 4 is 23.4 Å². The second-order valence-corrected chi connectivity index (χ2v) is 5.72. The molecule has 20 heavy (non-hydrogen) atoms. The number of hydrogen-bond acceptors (Lipinski definition) is 2. The maximum atomic E-state index is 12.3. The Hall–Kier alpha value is -1.26. The van der Waals surface area contributed by atoms with E-state index in [0.29, 0.717) is 12.0 Å². The van der Waals surface area contributed by atoms with Gasteiger partial charge in [-0.05, 0) is 43.7 Å². The lowest BCUT2D eigenvalue weighted by atomic mass is 9.86. The van der Waals surface area contributed by atoms with E-state index in [4.69, 9.17) is 5.73 Å². The molecule has 1 aliphatic rings. The Morgan fingerprint density at radius 2 is 1.75 bits per heavy atom. The van der Waals surface area contributed by atoms with E-state index in [-0.39, 0.29) is 18.1 Å². The van der Waals surface area contributed by atoms with Crippen LogP contribution in [0.15, 0.2) is 29.1 Å². The van der Waals surface area contributed by atoms with Gasteiger partial charge >= 0.3 is 5.69 Å². The molecular weight excluding hydrogens is 274 g/mol. The van der Waals surface area contributed by atoms with Gasteiger partial charge in [-0.3, -0.25) is 9.13 Å². The SMILES string of the molecule is Cl.Cn1c(=O)n(CC2CCC(N)CC2)c2ccccc21. The van der Waals surface area contributed by atoms with Crippen LogP contribution in [0.3, 0.4) is 0 Å². The summed E-state index contributed by atoms with van der Waals surface area (Å²) < 4.78 is 3.67. The average Bonchev–Trinajstić information content (AvgIpc) is 2.67.